The van der Waals surface area contributed by atoms with Crippen LogP contribution in [0.25, 0.3) is 0 Å². The normalized spacial score (nSPS) is 14.6. The molecule has 0 spiro atoms. The minimum atomic E-state index is -4.68. The smallest absolute Gasteiger partial charge is 0.406 e. The van der Waals surface area contributed by atoms with Crippen molar-refractivity contribution >= 4 is 5.69 Å². The van der Waals surface area contributed by atoms with Gasteiger partial charge in [0.05, 0.1) is 6.54 Å². The summed E-state index contributed by atoms with van der Waals surface area (Å²) in [6, 6.07) is 4.48. The van der Waals surface area contributed by atoms with Crippen molar-refractivity contribution in [2.24, 2.45) is 0 Å². The molecule has 0 radical (unpaired) electrons. The number of benzene rings is 1. The zero-order chi connectivity index (χ0) is 17.2. The van der Waals surface area contributed by atoms with Crippen LogP contribution < -0.4 is 9.64 Å². The molecule has 1 aromatic carbocycles. The molecule has 1 aliphatic heterocycles. The van der Waals surface area contributed by atoms with E-state index in [-0.39, 0.29) is 5.75 Å². The fourth-order valence-corrected chi connectivity index (χ4v) is 2.91. The number of rotatable bonds is 5. The molecule has 0 saturated heterocycles. The van der Waals surface area contributed by atoms with Gasteiger partial charge in [-0.15, -0.1) is 18.3 Å². The van der Waals surface area contributed by atoms with Crippen LogP contribution in [-0.2, 0) is 19.5 Å². The van der Waals surface area contributed by atoms with Crippen molar-refractivity contribution < 1.29 is 17.9 Å². The Morgan fingerprint density at radius 2 is 2.12 bits per heavy atom. The molecular formula is C15H18F3N5O. The Kier molecular flexibility index (Phi) is 4.59. The van der Waals surface area contributed by atoms with E-state index in [2.05, 4.69) is 25.2 Å². The molecule has 0 unspecified atom stereocenters. The minimum Gasteiger partial charge on any atom is -0.406 e. The first-order chi connectivity index (χ1) is 11.5. The predicted molar refractivity (Wildman–Crippen MR) is 80.6 cm³/mol. The summed E-state index contributed by atoms with van der Waals surface area (Å²) in [5.74, 6) is 0.569. The van der Waals surface area contributed by atoms with Gasteiger partial charge in [0.25, 0.3) is 0 Å². The van der Waals surface area contributed by atoms with E-state index in [0.717, 1.165) is 49.4 Å². The summed E-state index contributed by atoms with van der Waals surface area (Å²) in [6.45, 7) is 4.12. The lowest BCUT2D eigenvalue weighted by Crippen LogP contribution is -2.30. The van der Waals surface area contributed by atoms with Crippen LogP contribution in [0.5, 0.6) is 5.75 Å². The molecule has 0 saturated carbocycles. The van der Waals surface area contributed by atoms with Crippen molar-refractivity contribution in [3.8, 4) is 5.75 Å². The third-order valence-corrected chi connectivity index (χ3v) is 3.87. The Bertz CT molecular complexity index is 701. The summed E-state index contributed by atoms with van der Waals surface area (Å²) >= 11 is 0. The summed E-state index contributed by atoms with van der Waals surface area (Å²) < 4.78 is 42.8. The van der Waals surface area contributed by atoms with E-state index in [9.17, 15) is 13.2 Å². The van der Waals surface area contributed by atoms with Gasteiger partial charge in [-0.3, -0.25) is 0 Å². The molecule has 1 aliphatic rings. The van der Waals surface area contributed by atoms with Gasteiger partial charge >= 0.3 is 6.36 Å². The SMILES string of the molecule is CCCn1nnnc1CN1CCCc2cc(OC(F)(F)F)ccc21. The van der Waals surface area contributed by atoms with Gasteiger partial charge in [0.2, 0.25) is 0 Å². The van der Waals surface area contributed by atoms with Gasteiger partial charge in [0.1, 0.15) is 5.75 Å². The summed E-state index contributed by atoms with van der Waals surface area (Å²) in [7, 11) is 0. The first-order valence-corrected chi connectivity index (χ1v) is 7.85. The lowest BCUT2D eigenvalue weighted by molar-refractivity contribution is -0.274. The van der Waals surface area contributed by atoms with Gasteiger partial charge in [0.15, 0.2) is 5.82 Å². The van der Waals surface area contributed by atoms with Gasteiger partial charge in [-0.1, -0.05) is 6.92 Å². The molecule has 24 heavy (non-hydrogen) atoms. The number of anilines is 1. The number of aromatic nitrogens is 4. The Labute approximate surface area is 137 Å². The molecule has 0 bridgehead atoms. The Morgan fingerprint density at radius 3 is 2.88 bits per heavy atom. The zero-order valence-electron chi connectivity index (χ0n) is 13.3. The van der Waals surface area contributed by atoms with Crippen LogP contribution >= 0.6 is 0 Å². The van der Waals surface area contributed by atoms with E-state index in [1.165, 1.54) is 12.1 Å². The first kappa shape index (κ1) is 16.5. The molecule has 2 aromatic rings. The van der Waals surface area contributed by atoms with Gasteiger partial charge in [-0.2, -0.15) is 0 Å². The summed E-state index contributed by atoms with van der Waals surface area (Å²) in [5, 5.41) is 11.7. The molecular weight excluding hydrogens is 323 g/mol. The van der Waals surface area contributed by atoms with Crippen LogP contribution in [0, 0.1) is 0 Å². The number of aryl methyl sites for hydroxylation is 2. The van der Waals surface area contributed by atoms with E-state index < -0.39 is 6.36 Å². The Morgan fingerprint density at radius 1 is 1.29 bits per heavy atom. The molecule has 130 valence electrons. The molecule has 0 aliphatic carbocycles. The lowest BCUT2D eigenvalue weighted by Gasteiger charge is -2.31. The van der Waals surface area contributed by atoms with Crippen LogP contribution in [0.2, 0.25) is 0 Å². The van der Waals surface area contributed by atoms with Crippen molar-refractivity contribution in [2.75, 3.05) is 11.4 Å². The molecule has 0 fully saturated rings. The topological polar surface area (TPSA) is 56.1 Å². The van der Waals surface area contributed by atoms with Gasteiger partial charge in [-0.25, -0.2) is 4.68 Å². The van der Waals surface area contributed by atoms with E-state index in [0.29, 0.717) is 6.54 Å². The first-order valence-electron chi connectivity index (χ1n) is 7.85. The molecule has 3 rings (SSSR count). The number of ether oxygens (including phenoxy) is 1. The van der Waals surface area contributed by atoms with Crippen LogP contribution in [-0.4, -0.2) is 33.1 Å². The third kappa shape index (κ3) is 3.77. The zero-order valence-corrected chi connectivity index (χ0v) is 13.3. The minimum absolute atomic E-state index is 0.182. The molecule has 2 heterocycles. The van der Waals surface area contributed by atoms with Crippen molar-refractivity contribution in [3.05, 3.63) is 29.6 Å². The number of fused-ring (bicyclic) bond motifs is 1. The van der Waals surface area contributed by atoms with E-state index in [1.807, 2.05) is 6.92 Å². The lowest BCUT2D eigenvalue weighted by atomic mass is 10.0. The number of tetrazole rings is 1. The fraction of sp³-hybridized carbons (Fsp3) is 0.533. The van der Waals surface area contributed by atoms with Crippen molar-refractivity contribution in [1.82, 2.24) is 20.2 Å². The number of hydrogen-bond donors (Lipinski definition) is 0. The van der Waals surface area contributed by atoms with Gasteiger partial charge < -0.3 is 9.64 Å². The second-order valence-electron chi connectivity index (χ2n) is 5.68. The van der Waals surface area contributed by atoms with Crippen LogP contribution in [0.1, 0.15) is 31.2 Å². The third-order valence-electron chi connectivity index (χ3n) is 3.87. The quantitative estimate of drug-likeness (QED) is 0.837. The number of nitrogens with zero attached hydrogens (tertiary/aromatic N) is 5. The summed E-state index contributed by atoms with van der Waals surface area (Å²) in [5.41, 5.74) is 1.75. The summed E-state index contributed by atoms with van der Waals surface area (Å²) in [4.78, 5) is 2.09. The number of alkyl halides is 3. The van der Waals surface area contributed by atoms with Crippen molar-refractivity contribution in [1.29, 1.82) is 0 Å². The number of halogens is 3. The number of hydrogen-bond acceptors (Lipinski definition) is 5. The van der Waals surface area contributed by atoms with Crippen LogP contribution in [0.4, 0.5) is 18.9 Å². The largest absolute Gasteiger partial charge is 0.573 e. The predicted octanol–water partition coefficient (Wildman–Crippen LogP) is 2.93. The summed E-state index contributed by atoms with van der Waals surface area (Å²) in [6.07, 6.45) is -2.17. The van der Waals surface area contributed by atoms with E-state index in [4.69, 9.17) is 0 Å². The highest BCUT2D eigenvalue weighted by Gasteiger charge is 2.31. The average Bonchev–Trinajstić information content (AvgIpc) is 2.93. The van der Waals surface area contributed by atoms with Crippen LogP contribution in [0.3, 0.4) is 0 Å². The second kappa shape index (κ2) is 6.66. The maximum absolute atomic E-state index is 12.4. The average molecular weight is 341 g/mol. The molecule has 0 amide bonds. The Balaban J connectivity index is 1.80. The molecule has 9 heteroatoms. The Hall–Kier alpha value is -2.32. The van der Waals surface area contributed by atoms with Crippen LogP contribution in [0.15, 0.2) is 18.2 Å². The highest BCUT2D eigenvalue weighted by molar-refractivity contribution is 5.58. The second-order valence-corrected chi connectivity index (χ2v) is 5.68. The standard InChI is InChI=1S/C15H18F3N5O/c1-2-7-23-14(19-20-21-23)10-22-8-3-4-11-9-12(5-6-13(11)22)24-15(16,17)18/h5-6,9H,2-4,7-8,10H2,1H3. The van der Waals surface area contributed by atoms with Gasteiger partial charge in [0, 0.05) is 18.8 Å². The molecule has 0 N–H and O–H groups in total. The monoisotopic (exact) mass is 341 g/mol. The fourth-order valence-electron chi connectivity index (χ4n) is 2.91. The van der Waals surface area contributed by atoms with Crippen molar-refractivity contribution in [3.63, 3.8) is 0 Å². The highest BCUT2D eigenvalue weighted by Crippen LogP contribution is 2.33. The molecule has 1 aromatic heterocycles. The maximum atomic E-state index is 12.4. The van der Waals surface area contributed by atoms with Crippen molar-refractivity contribution in [2.45, 2.75) is 45.6 Å². The molecule has 6 nitrogen and oxygen atoms in total. The molecule has 0 atom stereocenters. The van der Waals surface area contributed by atoms with E-state index in [1.54, 1.807) is 10.7 Å². The van der Waals surface area contributed by atoms with Gasteiger partial charge in [-0.05, 0) is 53.5 Å². The maximum Gasteiger partial charge on any atom is 0.573 e. The highest BCUT2D eigenvalue weighted by atomic mass is 19.4. The van der Waals surface area contributed by atoms with E-state index >= 15 is 0 Å².